The molecule has 0 aliphatic carbocycles. The number of benzene rings is 3. The van der Waals surface area contributed by atoms with E-state index in [2.05, 4.69) is 4.99 Å². The SMILES string of the molecule is Cc1cc(C(=O)CSC2=N/C(=C/c3ccccc3)C(=O)N2C(=O)c2ccccc2)c(C)n1-c1ccc(F)cc1. The summed E-state index contributed by atoms with van der Waals surface area (Å²) in [7, 11) is 0. The fourth-order valence-corrected chi connectivity index (χ4v) is 5.30. The van der Waals surface area contributed by atoms with E-state index in [1.807, 2.05) is 48.7 Å². The molecule has 0 bridgehead atoms. The molecule has 2 amide bonds. The molecule has 4 aromatic rings. The highest BCUT2D eigenvalue weighted by Crippen LogP contribution is 2.28. The standard InChI is InChI=1S/C31H24FN3O3S/c1-20-17-26(21(2)34(20)25-15-13-24(32)14-16-25)28(36)19-39-31-33-27(18-22-9-5-3-6-10-22)30(38)35(31)29(37)23-11-7-4-8-12-23/h3-18H,19H2,1-2H3/b27-18+. The van der Waals surface area contributed by atoms with E-state index in [-0.39, 0.29) is 28.2 Å². The molecule has 6 nitrogen and oxygen atoms in total. The molecular formula is C31H24FN3O3S. The largest absolute Gasteiger partial charge is 0.318 e. The summed E-state index contributed by atoms with van der Waals surface area (Å²) in [5.41, 5.74) is 4.04. The zero-order valence-electron chi connectivity index (χ0n) is 21.3. The van der Waals surface area contributed by atoms with Crippen molar-refractivity contribution in [2.45, 2.75) is 13.8 Å². The number of imide groups is 1. The lowest BCUT2D eigenvalue weighted by Crippen LogP contribution is -2.37. The summed E-state index contributed by atoms with van der Waals surface area (Å²) >= 11 is 1.04. The van der Waals surface area contributed by atoms with Crippen LogP contribution in [0.5, 0.6) is 0 Å². The summed E-state index contributed by atoms with van der Waals surface area (Å²) in [5, 5.41) is 0.150. The summed E-state index contributed by atoms with van der Waals surface area (Å²) in [5.74, 6) is -1.60. The summed E-state index contributed by atoms with van der Waals surface area (Å²) in [4.78, 5) is 45.5. The van der Waals surface area contributed by atoms with Gasteiger partial charge in [-0.05, 0) is 68.0 Å². The second-order valence-electron chi connectivity index (χ2n) is 8.95. The van der Waals surface area contributed by atoms with Gasteiger partial charge in [0, 0.05) is 28.2 Å². The Labute approximate surface area is 229 Å². The van der Waals surface area contributed by atoms with Crippen molar-refractivity contribution in [3.63, 3.8) is 0 Å². The number of aryl methyl sites for hydroxylation is 1. The van der Waals surface area contributed by atoms with E-state index in [0.717, 1.165) is 39.3 Å². The van der Waals surface area contributed by atoms with E-state index in [4.69, 9.17) is 0 Å². The number of aliphatic imine (C=N–C) groups is 1. The molecule has 194 valence electrons. The number of hydrogen-bond donors (Lipinski definition) is 0. The molecule has 0 saturated heterocycles. The first-order chi connectivity index (χ1) is 18.8. The van der Waals surface area contributed by atoms with Gasteiger partial charge in [0.05, 0.1) is 5.75 Å². The molecule has 0 radical (unpaired) electrons. The number of halogens is 1. The summed E-state index contributed by atoms with van der Waals surface area (Å²) < 4.78 is 15.3. The van der Waals surface area contributed by atoms with Crippen LogP contribution in [0.15, 0.2) is 102 Å². The van der Waals surface area contributed by atoms with Crippen molar-refractivity contribution in [3.05, 3.63) is 131 Å². The van der Waals surface area contributed by atoms with Crippen molar-refractivity contribution in [1.29, 1.82) is 0 Å². The molecule has 5 rings (SSSR count). The van der Waals surface area contributed by atoms with Gasteiger partial charge in [0.1, 0.15) is 11.5 Å². The Morgan fingerprint density at radius 1 is 0.923 bits per heavy atom. The minimum absolute atomic E-state index is 0.0307. The molecule has 1 aromatic heterocycles. The van der Waals surface area contributed by atoms with Crippen LogP contribution in [-0.4, -0.2) is 38.0 Å². The van der Waals surface area contributed by atoms with Crippen molar-refractivity contribution in [3.8, 4) is 5.69 Å². The number of Topliss-reactive ketones (excluding diaryl/α,β-unsaturated/α-hetero) is 1. The molecule has 1 aliphatic heterocycles. The predicted molar refractivity (Wildman–Crippen MR) is 151 cm³/mol. The van der Waals surface area contributed by atoms with Crippen LogP contribution >= 0.6 is 11.8 Å². The van der Waals surface area contributed by atoms with E-state index in [9.17, 15) is 18.8 Å². The van der Waals surface area contributed by atoms with Gasteiger partial charge in [-0.15, -0.1) is 0 Å². The van der Waals surface area contributed by atoms with Gasteiger partial charge in [0.15, 0.2) is 11.0 Å². The van der Waals surface area contributed by atoms with Gasteiger partial charge in [-0.3, -0.25) is 14.4 Å². The third-order valence-corrected chi connectivity index (χ3v) is 7.24. The molecule has 0 unspecified atom stereocenters. The number of ketones is 1. The van der Waals surface area contributed by atoms with E-state index in [1.54, 1.807) is 54.6 Å². The predicted octanol–water partition coefficient (Wildman–Crippen LogP) is 6.23. The second kappa shape index (κ2) is 11.0. The van der Waals surface area contributed by atoms with Gasteiger partial charge in [0.25, 0.3) is 11.8 Å². The number of amidine groups is 1. The van der Waals surface area contributed by atoms with Crippen molar-refractivity contribution >= 4 is 40.6 Å². The lowest BCUT2D eigenvalue weighted by Gasteiger charge is -2.15. The average Bonchev–Trinajstić information content (AvgIpc) is 3.42. The summed E-state index contributed by atoms with van der Waals surface area (Å²) in [6.45, 7) is 3.71. The Hall–Kier alpha value is -4.56. The summed E-state index contributed by atoms with van der Waals surface area (Å²) in [6, 6.07) is 25.6. The van der Waals surface area contributed by atoms with E-state index < -0.39 is 11.8 Å². The van der Waals surface area contributed by atoms with Crippen LogP contribution in [-0.2, 0) is 4.79 Å². The first-order valence-electron chi connectivity index (χ1n) is 12.2. The molecule has 8 heteroatoms. The smallest absolute Gasteiger partial charge is 0.285 e. The number of carbonyl (C=O) groups excluding carboxylic acids is 3. The van der Waals surface area contributed by atoms with Gasteiger partial charge < -0.3 is 4.57 Å². The number of thioether (sulfide) groups is 1. The second-order valence-corrected chi connectivity index (χ2v) is 9.90. The Bertz CT molecular complexity index is 1630. The minimum atomic E-state index is -0.544. The highest BCUT2D eigenvalue weighted by Gasteiger charge is 2.36. The van der Waals surface area contributed by atoms with Gasteiger partial charge >= 0.3 is 0 Å². The van der Waals surface area contributed by atoms with Crippen LogP contribution in [0.3, 0.4) is 0 Å². The maximum absolute atomic E-state index is 13.4. The molecule has 39 heavy (non-hydrogen) atoms. The minimum Gasteiger partial charge on any atom is -0.318 e. The number of aromatic nitrogens is 1. The number of hydrogen-bond acceptors (Lipinski definition) is 5. The molecular weight excluding hydrogens is 513 g/mol. The fourth-order valence-electron chi connectivity index (χ4n) is 4.43. The van der Waals surface area contributed by atoms with E-state index >= 15 is 0 Å². The molecule has 0 fully saturated rings. The summed E-state index contributed by atoms with van der Waals surface area (Å²) in [6.07, 6.45) is 1.62. The van der Waals surface area contributed by atoms with Crippen LogP contribution < -0.4 is 0 Å². The third kappa shape index (κ3) is 5.37. The molecule has 1 aliphatic rings. The first kappa shape index (κ1) is 26.1. The third-order valence-electron chi connectivity index (χ3n) is 6.31. The van der Waals surface area contributed by atoms with Crippen molar-refractivity contribution in [2.75, 3.05) is 5.75 Å². The topological polar surface area (TPSA) is 71.7 Å². The Morgan fingerprint density at radius 3 is 2.23 bits per heavy atom. The highest BCUT2D eigenvalue weighted by atomic mass is 32.2. The van der Waals surface area contributed by atoms with Crippen molar-refractivity contribution in [2.24, 2.45) is 4.99 Å². The van der Waals surface area contributed by atoms with Gasteiger partial charge in [0.2, 0.25) is 0 Å². The van der Waals surface area contributed by atoms with Crippen molar-refractivity contribution < 1.29 is 18.8 Å². The first-order valence-corrected chi connectivity index (χ1v) is 13.2. The van der Waals surface area contributed by atoms with E-state index in [1.165, 1.54) is 12.1 Å². The van der Waals surface area contributed by atoms with Gasteiger partial charge in [-0.1, -0.05) is 60.3 Å². The van der Waals surface area contributed by atoms with Crippen LogP contribution in [0, 0.1) is 19.7 Å². The van der Waals surface area contributed by atoms with Gasteiger partial charge in [-0.2, -0.15) is 0 Å². The maximum Gasteiger partial charge on any atom is 0.285 e. The number of amides is 2. The maximum atomic E-state index is 13.4. The average molecular weight is 538 g/mol. The Morgan fingerprint density at radius 2 is 1.56 bits per heavy atom. The molecule has 0 saturated carbocycles. The molecule has 0 spiro atoms. The zero-order valence-corrected chi connectivity index (χ0v) is 22.1. The lowest BCUT2D eigenvalue weighted by atomic mass is 10.2. The van der Waals surface area contributed by atoms with Crippen LogP contribution in [0.2, 0.25) is 0 Å². The van der Waals surface area contributed by atoms with Gasteiger partial charge in [-0.25, -0.2) is 14.3 Å². The number of carbonyl (C=O) groups is 3. The normalized spacial score (nSPS) is 14.1. The van der Waals surface area contributed by atoms with Crippen LogP contribution in [0.1, 0.15) is 37.7 Å². The highest BCUT2D eigenvalue weighted by molar-refractivity contribution is 8.14. The van der Waals surface area contributed by atoms with E-state index in [0.29, 0.717) is 11.1 Å². The lowest BCUT2D eigenvalue weighted by molar-refractivity contribution is -0.120. The molecule has 0 atom stereocenters. The molecule has 3 aromatic carbocycles. The van der Waals surface area contributed by atoms with Crippen molar-refractivity contribution in [1.82, 2.24) is 9.47 Å². The number of rotatable bonds is 6. The van der Waals surface area contributed by atoms with Crippen LogP contribution in [0.25, 0.3) is 11.8 Å². The van der Waals surface area contributed by atoms with Crippen LogP contribution in [0.4, 0.5) is 4.39 Å². The zero-order chi connectivity index (χ0) is 27.5. The number of nitrogens with zero attached hydrogens (tertiary/aromatic N) is 3. The molecule has 2 heterocycles. The Kier molecular flexibility index (Phi) is 7.38. The quantitative estimate of drug-likeness (QED) is 0.166. The molecule has 0 N–H and O–H groups in total. The Balaban J connectivity index is 1.42. The fraction of sp³-hybridized carbons (Fsp3) is 0.0968. The monoisotopic (exact) mass is 537 g/mol.